The van der Waals surface area contributed by atoms with E-state index in [0.29, 0.717) is 30.1 Å². The highest BCUT2D eigenvalue weighted by Gasteiger charge is 2.31. The zero-order valence-corrected chi connectivity index (χ0v) is 17.3. The first-order chi connectivity index (χ1) is 15.4. The minimum Gasteiger partial charge on any atom is -0.477 e. The van der Waals surface area contributed by atoms with Gasteiger partial charge in [0, 0.05) is 44.8 Å². The van der Waals surface area contributed by atoms with Crippen LogP contribution in [0.1, 0.15) is 23.2 Å². The Morgan fingerprint density at radius 3 is 2.78 bits per heavy atom. The normalized spacial score (nSPS) is 16.2. The summed E-state index contributed by atoms with van der Waals surface area (Å²) in [6.07, 6.45) is 7.65. The van der Waals surface area contributed by atoms with Gasteiger partial charge in [-0.3, -0.25) is 19.5 Å². The quantitative estimate of drug-likeness (QED) is 0.625. The van der Waals surface area contributed by atoms with Crippen LogP contribution in [0.3, 0.4) is 0 Å². The molecular weight excluding hydrogens is 419 g/mol. The summed E-state index contributed by atoms with van der Waals surface area (Å²) in [6.45, 7) is 1.24. The highest BCUT2D eigenvalue weighted by molar-refractivity contribution is 5.97. The molecule has 32 heavy (non-hydrogen) atoms. The Morgan fingerprint density at radius 2 is 2.09 bits per heavy atom. The topological polar surface area (TPSA) is 113 Å². The lowest BCUT2D eigenvalue weighted by Crippen LogP contribution is -2.42. The second kappa shape index (κ2) is 7.66. The van der Waals surface area contributed by atoms with Crippen LogP contribution in [0.5, 0.6) is 5.75 Å². The van der Waals surface area contributed by atoms with E-state index in [1.807, 2.05) is 4.90 Å². The molecule has 0 spiro atoms. The molecule has 166 valence electrons. The number of carbonyl (C=O) groups is 1. The van der Waals surface area contributed by atoms with Crippen LogP contribution in [0.2, 0.25) is 0 Å². The summed E-state index contributed by atoms with van der Waals surface area (Å²) in [6, 6.07) is 1.29. The van der Waals surface area contributed by atoms with Crippen LogP contribution in [0.25, 0.3) is 10.9 Å². The number of nitrogens with zero attached hydrogens (tertiary/aromatic N) is 5. The maximum absolute atomic E-state index is 15.3. The predicted molar refractivity (Wildman–Crippen MR) is 116 cm³/mol. The van der Waals surface area contributed by atoms with E-state index < -0.39 is 22.8 Å². The lowest BCUT2D eigenvalue weighted by atomic mass is 10.0. The number of ether oxygens (including phenoxy) is 1. The molecular formula is C21H21FN6O4. The first-order valence-corrected chi connectivity index (χ1v) is 10.2. The molecule has 1 aromatic carbocycles. The molecule has 0 atom stereocenters. The highest BCUT2D eigenvalue weighted by atomic mass is 19.1. The van der Waals surface area contributed by atoms with Gasteiger partial charge in [-0.25, -0.2) is 14.2 Å². The van der Waals surface area contributed by atoms with Gasteiger partial charge in [0.25, 0.3) is 0 Å². The molecule has 1 saturated heterocycles. The smallest absolute Gasteiger partial charge is 0.341 e. The molecule has 2 aliphatic rings. The number of rotatable bonds is 4. The lowest BCUT2D eigenvalue weighted by molar-refractivity contribution is 0.0694. The van der Waals surface area contributed by atoms with Gasteiger partial charge < -0.3 is 20.1 Å². The molecule has 2 N–H and O–H groups in total. The third kappa shape index (κ3) is 3.26. The minimum atomic E-state index is -1.36. The van der Waals surface area contributed by atoms with Crippen LogP contribution in [-0.4, -0.2) is 58.6 Å². The molecule has 0 amide bonds. The number of piperidine rings is 1. The number of aromatic nitrogens is 3. The molecule has 0 bridgehead atoms. The maximum atomic E-state index is 15.3. The molecule has 11 heteroatoms. The molecule has 2 aliphatic heterocycles. The summed E-state index contributed by atoms with van der Waals surface area (Å²) in [7, 11) is 1.70. The third-order valence-electron chi connectivity index (χ3n) is 5.87. The van der Waals surface area contributed by atoms with Gasteiger partial charge in [0.15, 0.2) is 18.3 Å². The second-order valence-corrected chi connectivity index (χ2v) is 7.88. The Balaban J connectivity index is 1.51. The van der Waals surface area contributed by atoms with Crippen LogP contribution >= 0.6 is 0 Å². The number of hydrogen-bond acceptors (Lipinski definition) is 8. The van der Waals surface area contributed by atoms with E-state index >= 15 is 4.39 Å². The number of anilines is 2. The molecule has 5 rings (SSSR count). The first-order valence-electron chi connectivity index (χ1n) is 10.2. The van der Waals surface area contributed by atoms with E-state index in [1.54, 1.807) is 35.3 Å². The number of halogens is 1. The zero-order chi connectivity index (χ0) is 22.4. The molecule has 3 aromatic rings. The maximum Gasteiger partial charge on any atom is 0.341 e. The van der Waals surface area contributed by atoms with E-state index in [-0.39, 0.29) is 23.9 Å². The number of nitrogens with one attached hydrogen (secondary N) is 1. The monoisotopic (exact) mass is 440 g/mol. The lowest BCUT2D eigenvalue weighted by Gasteiger charge is -2.37. The molecule has 4 heterocycles. The number of hydrogen-bond donors (Lipinski definition) is 2. The van der Waals surface area contributed by atoms with Crippen molar-refractivity contribution in [3.63, 3.8) is 0 Å². The Morgan fingerprint density at radius 1 is 1.31 bits per heavy atom. The predicted octanol–water partition coefficient (Wildman–Crippen LogP) is 1.63. The van der Waals surface area contributed by atoms with E-state index in [1.165, 1.54) is 6.20 Å². The van der Waals surface area contributed by atoms with Crippen molar-refractivity contribution in [1.82, 2.24) is 14.6 Å². The number of carboxylic acids is 1. The Labute approximate surface area is 181 Å². The summed E-state index contributed by atoms with van der Waals surface area (Å²) in [5, 5.41) is 14.3. The molecule has 2 aromatic heterocycles. The minimum absolute atomic E-state index is 0.0214. The van der Waals surface area contributed by atoms with Gasteiger partial charge in [0.1, 0.15) is 22.6 Å². The summed E-state index contributed by atoms with van der Waals surface area (Å²) >= 11 is 0. The average Bonchev–Trinajstić information content (AvgIpc) is 2.78. The number of benzene rings is 1. The molecule has 0 radical (unpaired) electrons. The van der Waals surface area contributed by atoms with Crippen molar-refractivity contribution in [2.45, 2.75) is 18.9 Å². The molecule has 0 saturated carbocycles. The van der Waals surface area contributed by atoms with E-state index in [4.69, 9.17) is 4.74 Å². The first kappa shape index (κ1) is 20.0. The van der Waals surface area contributed by atoms with Gasteiger partial charge in [-0.1, -0.05) is 0 Å². The van der Waals surface area contributed by atoms with Crippen molar-refractivity contribution in [2.75, 3.05) is 42.1 Å². The van der Waals surface area contributed by atoms with Gasteiger partial charge in [-0.15, -0.1) is 0 Å². The van der Waals surface area contributed by atoms with Crippen molar-refractivity contribution < 1.29 is 19.0 Å². The number of pyridine rings is 1. The molecule has 0 aliphatic carbocycles. The van der Waals surface area contributed by atoms with Crippen molar-refractivity contribution >= 4 is 28.4 Å². The van der Waals surface area contributed by atoms with Crippen LogP contribution in [-0.2, 0) is 0 Å². The SMILES string of the molecule is CN1COc2c(N3CCC(Nc4cnccn4)CC3)c(F)cc3c(=O)c(C(=O)O)cn1c23. The van der Waals surface area contributed by atoms with E-state index in [0.717, 1.165) is 18.9 Å². The van der Waals surface area contributed by atoms with E-state index in [2.05, 4.69) is 15.3 Å². The summed E-state index contributed by atoms with van der Waals surface area (Å²) in [4.78, 5) is 34.4. The second-order valence-electron chi connectivity index (χ2n) is 7.88. The molecule has 1 fully saturated rings. The van der Waals surface area contributed by atoms with Gasteiger partial charge in [0.05, 0.1) is 11.6 Å². The van der Waals surface area contributed by atoms with Crippen molar-refractivity contribution in [3.8, 4) is 5.75 Å². The summed E-state index contributed by atoms with van der Waals surface area (Å²) in [5.41, 5.74) is -0.494. The standard InChI is InChI=1S/C21H21FN6O4/c1-26-11-32-20-17-13(19(29)14(21(30)31)10-28(17)26)8-15(22)18(20)27-6-2-12(3-7-27)25-16-9-23-4-5-24-16/h4-5,8-10,12H,2-3,6-7,11H2,1H3,(H,24,25)(H,30,31). The van der Waals surface area contributed by atoms with Crippen LogP contribution in [0.4, 0.5) is 15.9 Å². The van der Waals surface area contributed by atoms with Gasteiger partial charge in [0.2, 0.25) is 5.43 Å². The van der Waals surface area contributed by atoms with Gasteiger partial charge >= 0.3 is 5.97 Å². The van der Waals surface area contributed by atoms with Gasteiger partial charge in [-0.05, 0) is 18.9 Å². The zero-order valence-electron chi connectivity index (χ0n) is 17.3. The highest BCUT2D eigenvalue weighted by Crippen LogP contribution is 2.41. The van der Waals surface area contributed by atoms with E-state index in [9.17, 15) is 14.7 Å². The Kier molecular flexibility index (Phi) is 4.80. The fourth-order valence-electron chi connectivity index (χ4n) is 4.30. The summed E-state index contributed by atoms with van der Waals surface area (Å²) in [5.74, 6) is -1.01. The van der Waals surface area contributed by atoms with Crippen LogP contribution in [0.15, 0.2) is 35.6 Å². The van der Waals surface area contributed by atoms with Gasteiger partial charge in [-0.2, -0.15) is 0 Å². The number of aromatic carboxylic acids is 1. The van der Waals surface area contributed by atoms with Crippen molar-refractivity contribution in [2.24, 2.45) is 0 Å². The average molecular weight is 440 g/mol. The number of carboxylic acid groups (broad SMARTS) is 1. The molecule has 10 nitrogen and oxygen atoms in total. The van der Waals surface area contributed by atoms with Crippen LogP contribution in [0, 0.1) is 5.82 Å². The fraction of sp³-hybridized carbons (Fsp3) is 0.333. The van der Waals surface area contributed by atoms with Crippen LogP contribution < -0.4 is 25.4 Å². The summed E-state index contributed by atoms with van der Waals surface area (Å²) < 4.78 is 22.7. The largest absolute Gasteiger partial charge is 0.477 e. The fourth-order valence-corrected chi connectivity index (χ4v) is 4.30. The Bertz CT molecular complexity index is 1260. The molecule has 0 unspecified atom stereocenters. The van der Waals surface area contributed by atoms with Crippen molar-refractivity contribution in [3.05, 3.63) is 52.5 Å². The third-order valence-corrected chi connectivity index (χ3v) is 5.87. The Hall–Kier alpha value is -3.89. The van der Waals surface area contributed by atoms with Crippen molar-refractivity contribution in [1.29, 1.82) is 0 Å².